The molecule has 0 unspecified atom stereocenters. The SMILES string of the molecule is CC(C)OCCOc1ccnc2cc(N)ccc12. The fourth-order valence-electron chi connectivity index (χ4n) is 1.70. The number of benzene rings is 1. The van der Waals surface area contributed by atoms with Crippen molar-refractivity contribution in [2.45, 2.75) is 20.0 Å². The maximum atomic E-state index is 5.73. The molecule has 4 heteroatoms. The molecule has 0 aliphatic rings. The topological polar surface area (TPSA) is 57.4 Å². The smallest absolute Gasteiger partial charge is 0.130 e. The normalized spacial score (nSPS) is 11.1. The van der Waals surface area contributed by atoms with E-state index in [2.05, 4.69) is 4.98 Å². The van der Waals surface area contributed by atoms with Crippen LogP contribution in [0.1, 0.15) is 13.8 Å². The minimum atomic E-state index is 0.225. The molecule has 18 heavy (non-hydrogen) atoms. The van der Waals surface area contributed by atoms with Crippen LogP contribution >= 0.6 is 0 Å². The molecule has 2 aromatic rings. The first-order valence-electron chi connectivity index (χ1n) is 6.05. The second-order valence-electron chi connectivity index (χ2n) is 4.35. The Balaban J connectivity index is 2.08. The summed E-state index contributed by atoms with van der Waals surface area (Å²) in [5.74, 6) is 0.812. The third-order valence-corrected chi connectivity index (χ3v) is 2.52. The molecule has 0 bridgehead atoms. The number of nitrogens with zero attached hydrogens (tertiary/aromatic N) is 1. The first-order chi connectivity index (χ1) is 8.66. The van der Waals surface area contributed by atoms with Crippen molar-refractivity contribution < 1.29 is 9.47 Å². The minimum absolute atomic E-state index is 0.225. The number of nitrogen functional groups attached to an aromatic ring is 1. The Labute approximate surface area is 107 Å². The van der Waals surface area contributed by atoms with Gasteiger partial charge < -0.3 is 15.2 Å². The Bertz CT molecular complexity index is 526. The van der Waals surface area contributed by atoms with Crippen molar-refractivity contribution in [3.05, 3.63) is 30.5 Å². The molecule has 2 N–H and O–H groups in total. The van der Waals surface area contributed by atoms with Gasteiger partial charge >= 0.3 is 0 Å². The highest BCUT2D eigenvalue weighted by atomic mass is 16.5. The lowest BCUT2D eigenvalue weighted by molar-refractivity contribution is 0.0556. The second-order valence-corrected chi connectivity index (χ2v) is 4.35. The van der Waals surface area contributed by atoms with Crippen LogP contribution < -0.4 is 10.5 Å². The molecule has 0 saturated carbocycles. The average Bonchev–Trinajstić information content (AvgIpc) is 2.34. The number of fused-ring (bicyclic) bond motifs is 1. The molecule has 1 heterocycles. The number of aromatic nitrogens is 1. The van der Waals surface area contributed by atoms with Gasteiger partial charge in [0.2, 0.25) is 0 Å². The second kappa shape index (κ2) is 5.69. The molecule has 2 rings (SSSR count). The van der Waals surface area contributed by atoms with Gasteiger partial charge in [-0.25, -0.2) is 0 Å². The van der Waals surface area contributed by atoms with Crippen LogP contribution in [-0.4, -0.2) is 24.3 Å². The van der Waals surface area contributed by atoms with Crippen LogP contribution in [0.15, 0.2) is 30.5 Å². The predicted molar refractivity (Wildman–Crippen MR) is 72.7 cm³/mol. The summed E-state index contributed by atoms with van der Waals surface area (Å²) >= 11 is 0. The van der Waals surface area contributed by atoms with Gasteiger partial charge in [0.15, 0.2) is 0 Å². The maximum Gasteiger partial charge on any atom is 0.130 e. The largest absolute Gasteiger partial charge is 0.490 e. The van der Waals surface area contributed by atoms with Gasteiger partial charge in [0.25, 0.3) is 0 Å². The Kier molecular flexibility index (Phi) is 3.99. The molecular formula is C14H18N2O2. The van der Waals surface area contributed by atoms with Crippen LogP contribution in [0.3, 0.4) is 0 Å². The van der Waals surface area contributed by atoms with Crippen LogP contribution in [0, 0.1) is 0 Å². The van der Waals surface area contributed by atoms with Gasteiger partial charge in [0, 0.05) is 17.3 Å². The first kappa shape index (κ1) is 12.6. The number of hydrogen-bond donors (Lipinski definition) is 1. The van der Waals surface area contributed by atoms with E-state index in [-0.39, 0.29) is 6.10 Å². The van der Waals surface area contributed by atoms with Gasteiger partial charge in [-0.3, -0.25) is 4.98 Å². The molecular weight excluding hydrogens is 228 g/mol. The lowest BCUT2D eigenvalue weighted by atomic mass is 10.2. The summed E-state index contributed by atoms with van der Waals surface area (Å²) in [7, 11) is 0. The summed E-state index contributed by atoms with van der Waals surface area (Å²) in [4.78, 5) is 4.27. The highest BCUT2D eigenvalue weighted by Crippen LogP contribution is 2.25. The maximum absolute atomic E-state index is 5.73. The third kappa shape index (κ3) is 3.11. The van der Waals surface area contributed by atoms with Gasteiger partial charge in [-0.1, -0.05) is 0 Å². The number of hydrogen-bond acceptors (Lipinski definition) is 4. The first-order valence-corrected chi connectivity index (χ1v) is 6.05. The van der Waals surface area contributed by atoms with E-state index in [1.54, 1.807) is 6.20 Å². The zero-order valence-electron chi connectivity index (χ0n) is 10.7. The van der Waals surface area contributed by atoms with Crippen LogP contribution in [0.5, 0.6) is 5.75 Å². The van der Waals surface area contributed by atoms with Crippen molar-refractivity contribution >= 4 is 16.6 Å². The average molecular weight is 246 g/mol. The quantitative estimate of drug-likeness (QED) is 0.651. The summed E-state index contributed by atoms with van der Waals surface area (Å²) in [5.41, 5.74) is 7.28. The zero-order chi connectivity index (χ0) is 13.0. The molecule has 0 atom stereocenters. The summed E-state index contributed by atoms with van der Waals surface area (Å²) in [6.45, 7) is 5.12. The molecule has 1 aromatic heterocycles. The van der Waals surface area contributed by atoms with Gasteiger partial charge in [-0.15, -0.1) is 0 Å². The fraction of sp³-hybridized carbons (Fsp3) is 0.357. The molecule has 0 radical (unpaired) electrons. The molecule has 1 aromatic carbocycles. The van der Waals surface area contributed by atoms with E-state index in [4.69, 9.17) is 15.2 Å². The van der Waals surface area contributed by atoms with Gasteiger partial charge in [-0.05, 0) is 38.1 Å². The van der Waals surface area contributed by atoms with Crippen LogP contribution in [0.2, 0.25) is 0 Å². The lowest BCUT2D eigenvalue weighted by Crippen LogP contribution is -2.11. The molecule has 0 aliphatic heterocycles. The van der Waals surface area contributed by atoms with Crippen molar-refractivity contribution in [2.24, 2.45) is 0 Å². The van der Waals surface area contributed by atoms with E-state index in [9.17, 15) is 0 Å². The molecule has 4 nitrogen and oxygen atoms in total. The highest BCUT2D eigenvalue weighted by molar-refractivity contribution is 5.87. The Morgan fingerprint density at radius 3 is 2.83 bits per heavy atom. The molecule has 0 saturated heterocycles. The predicted octanol–water partition coefficient (Wildman–Crippen LogP) is 2.62. The molecule has 0 aliphatic carbocycles. The van der Waals surface area contributed by atoms with Crippen molar-refractivity contribution in [3.63, 3.8) is 0 Å². The molecule has 0 fully saturated rings. The molecule has 96 valence electrons. The lowest BCUT2D eigenvalue weighted by Gasteiger charge is -2.11. The van der Waals surface area contributed by atoms with Crippen LogP contribution in [0.4, 0.5) is 5.69 Å². The minimum Gasteiger partial charge on any atom is -0.490 e. The van der Waals surface area contributed by atoms with Gasteiger partial charge in [0.05, 0.1) is 18.2 Å². The Morgan fingerprint density at radius 1 is 1.22 bits per heavy atom. The van der Waals surface area contributed by atoms with E-state index in [0.29, 0.717) is 18.9 Å². The monoisotopic (exact) mass is 246 g/mol. The fourth-order valence-corrected chi connectivity index (χ4v) is 1.70. The summed E-state index contributed by atoms with van der Waals surface area (Å²) in [6.07, 6.45) is 1.95. The molecule has 0 spiro atoms. The van der Waals surface area contributed by atoms with E-state index in [1.165, 1.54) is 0 Å². The summed E-state index contributed by atoms with van der Waals surface area (Å²) in [5, 5.41) is 0.969. The van der Waals surface area contributed by atoms with Crippen molar-refractivity contribution in [1.29, 1.82) is 0 Å². The van der Waals surface area contributed by atoms with Crippen LogP contribution in [0.25, 0.3) is 10.9 Å². The number of rotatable bonds is 5. The number of nitrogens with two attached hydrogens (primary N) is 1. The summed E-state index contributed by atoms with van der Waals surface area (Å²) in [6, 6.07) is 7.47. The number of pyridine rings is 1. The third-order valence-electron chi connectivity index (χ3n) is 2.52. The Morgan fingerprint density at radius 2 is 2.06 bits per heavy atom. The van der Waals surface area contributed by atoms with Gasteiger partial charge in [0.1, 0.15) is 12.4 Å². The van der Waals surface area contributed by atoms with E-state index >= 15 is 0 Å². The van der Waals surface area contributed by atoms with Crippen molar-refractivity contribution in [3.8, 4) is 5.75 Å². The summed E-state index contributed by atoms with van der Waals surface area (Å²) < 4.78 is 11.1. The number of ether oxygens (including phenoxy) is 2. The number of anilines is 1. The van der Waals surface area contributed by atoms with Gasteiger partial charge in [-0.2, -0.15) is 0 Å². The standard InChI is InChI=1S/C14H18N2O2/c1-10(2)17-7-8-18-14-5-6-16-13-9-11(15)3-4-12(13)14/h3-6,9-10H,7-8,15H2,1-2H3. The van der Waals surface area contributed by atoms with E-state index in [0.717, 1.165) is 16.7 Å². The molecule has 0 amide bonds. The van der Waals surface area contributed by atoms with Crippen LogP contribution in [-0.2, 0) is 4.74 Å². The Hall–Kier alpha value is -1.81. The van der Waals surface area contributed by atoms with Crippen molar-refractivity contribution in [2.75, 3.05) is 18.9 Å². The zero-order valence-corrected chi connectivity index (χ0v) is 10.7. The van der Waals surface area contributed by atoms with E-state index in [1.807, 2.05) is 38.1 Å². The highest BCUT2D eigenvalue weighted by Gasteiger charge is 2.03. The van der Waals surface area contributed by atoms with E-state index < -0.39 is 0 Å². The van der Waals surface area contributed by atoms with Crippen molar-refractivity contribution in [1.82, 2.24) is 4.98 Å².